The van der Waals surface area contributed by atoms with Crippen LogP contribution in [0.5, 0.6) is 0 Å². The molecule has 3 N–H and O–H groups in total. The molecule has 0 amide bonds. The summed E-state index contributed by atoms with van der Waals surface area (Å²) in [5.74, 6) is 0.0122. The Labute approximate surface area is 112 Å². The SMILES string of the molecule is CC(C(N)=NO)N1CCN(c2ccc(F)cc2)CC1. The molecule has 1 aromatic rings. The normalized spacial score (nSPS) is 19.5. The molecule has 1 aliphatic rings. The molecule has 1 atom stereocenters. The van der Waals surface area contributed by atoms with E-state index in [9.17, 15) is 4.39 Å². The monoisotopic (exact) mass is 266 g/mol. The van der Waals surface area contributed by atoms with E-state index in [1.807, 2.05) is 6.92 Å². The van der Waals surface area contributed by atoms with Gasteiger partial charge in [-0.05, 0) is 31.2 Å². The molecular formula is C13H19FN4O. The van der Waals surface area contributed by atoms with Crippen molar-refractivity contribution in [1.29, 1.82) is 0 Å². The van der Waals surface area contributed by atoms with Crippen LogP contribution < -0.4 is 10.6 Å². The van der Waals surface area contributed by atoms with Crippen LogP contribution in [0.3, 0.4) is 0 Å². The van der Waals surface area contributed by atoms with Crippen molar-refractivity contribution in [1.82, 2.24) is 4.90 Å². The minimum absolute atomic E-state index is 0.0691. The smallest absolute Gasteiger partial charge is 0.156 e. The van der Waals surface area contributed by atoms with E-state index in [2.05, 4.69) is 15.0 Å². The van der Waals surface area contributed by atoms with E-state index < -0.39 is 0 Å². The quantitative estimate of drug-likeness (QED) is 0.372. The van der Waals surface area contributed by atoms with Gasteiger partial charge in [-0.3, -0.25) is 4.90 Å². The van der Waals surface area contributed by atoms with Gasteiger partial charge in [0.2, 0.25) is 0 Å². The number of hydrogen-bond donors (Lipinski definition) is 2. The molecule has 6 heteroatoms. The second kappa shape index (κ2) is 5.88. The summed E-state index contributed by atoms with van der Waals surface area (Å²) in [5.41, 5.74) is 6.64. The Balaban J connectivity index is 1.94. The summed E-state index contributed by atoms with van der Waals surface area (Å²) >= 11 is 0. The summed E-state index contributed by atoms with van der Waals surface area (Å²) in [5, 5.41) is 11.7. The predicted molar refractivity (Wildman–Crippen MR) is 73.1 cm³/mol. The lowest BCUT2D eigenvalue weighted by atomic mass is 10.2. The lowest BCUT2D eigenvalue weighted by Gasteiger charge is -2.38. The van der Waals surface area contributed by atoms with E-state index >= 15 is 0 Å². The molecule has 1 heterocycles. The largest absolute Gasteiger partial charge is 0.409 e. The molecule has 0 aliphatic carbocycles. The first-order chi connectivity index (χ1) is 9.11. The first kappa shape index (κ1) is 13.6. The number of rotatable bonds is 3. The average molecular weight is 266 g/mol. The predicted octanol–water partition coefficient (Wildman–Crippen LogP) is 1.08. The summed E-state index contributed by atoms with van der Waals surface area (Å²) in [7, 11) is 0. The zero-order chi connectivity index (χ0) is 13.8. The van der Waals surface area contributed by atoms with Gasteiger partial charge in [-0.15, -0.1) is 0 Å². The molecule has 5 nitrogen and oxygen atoms in total. The van der Waals surface area contributed by atoms with Gasteiger partial charge in [0, 0.05) is 31.9 Å². The van der Waals surface area contributed by atoms with E-state index in [1.54, 1.807) is 12.1 Å². The highest BCUT2D eigenvalue weighted by molar-refractivity contribution is 5.84. The molecule has 0 saturated carbocycles. The Kier molecular flexibility index (Phi) is 4.21. The van der Waals surface area contributed by atoms with Crippen LogP contribution in [-0.4, -0.2) is 48.2 Å². The summed E-state index contributed by atoms with van der Waals surface area (Å²) < 4.78 is 12.9. The molecule has 0 aromatic heterocycles. The molecular weight excluding hydrogens is 247 g/mol. The van der Waals surface area contributed by atoms with E-state index in [4.69, 9.17) is 10.9 Å². The minimum Gasteiger partial charge on any atom is -0.409 e. The first-order valence-corrected chi connectivity index (χ1v) is 6.34. The van der Waals surface area contributed by atoms with Gasteiger partial charge in [0.15, 0.2) is 5.84 Å². The maximum absolute atomic E-state index is 12.9. The molecule has 19 heavy (non-hydrogen) atoms. The van der Waals surface area contributed by atoms with Crippen molar-refractivity contribution in [3.8, 4) is 0 Å². The number of amidine groups is 1. The Bertz CT molecular complexity index is 440. The fourth-order valence-electron chi connectivity index (χ4n) is 2.29. The molecule has 0 spiro atoms. The van der Waals surface area contributed by atoms with Gasteiger partial charge in [-0.1, -0.05) is 5.16 Å². The third kappa shape index (κ3) is 3.14. The number of anilines is 1. The standard InChI is InChI=1S/C13H19FN4O/c1-10(13(15)16-19)17-6-8-18(9-7-17)12-4-2-11(14)3-5-12/h2-5,10,19H,6-9H2,1H3,(H2,15,16). The Morgan fingerprint density at radius 2 is 1.84 bits per heavy atom. The van der Waals surface area contributed by atoms with Gasteiger partial charge < -0.3 is 15.8 Å². The van der Waals surface area contributed by atoms with Crippen LogP contribution in [0.15, 0.2) is 29.4 Å². The zero-order valence-electron chi connectivity index (χ0n) is 11.0. The number of nitrogens with zero attached hydrogens (tertiary/aromatic N) is 3. The maximum Gasteiger partial charge on any atom is 0.156 e. The highest BCUT2D eigenvalue weighted by Crippen LogP contribution is 2.17. The summed E-state index contributed by atoms with van der Waals surface area (Å²) in [6.45, 7) is 5.26. The second-order valence-electron chi connectivity index (χ2n) is 4.70. The first-order valence-electron chi connectivity index (χ1n) is 6.34. The number of nitrogens with two attached hydrogens (primary N) is 1. The third-order valence-electron chi connectivity index (χ3n) is 3.60. The number of oxime groups is 1. The fraction of sp³-hybridized carbons (Fsp3) is 0.462. The molecule has 1 fully saturated rings. The minimum atomic E-state index is -0.220. The summed E-state index contributed by atoms with van der Waals surface area (Å²) in [6, 6.07) is 6.46. The maximum atomic E-state index is 12.9. The van der Waals surface area contributed by atoms with E-state index in [1.165, 1.54) is 12.1 Å². The number of benzene rings is 1. The van der Waals surface area contributed by atoms with Gasteiger partial charge in [0.25, 0.3) is 0 Å². The molecule has 1 aliphatic heterocycles. The molecule has 104 valence electrons. The van der Waals surface area contributed by atoms with E-state index in [0.29, 0.717) is 0 Å². The van der Waals surface area contributed by atoms with Crippen molar-refractivity contribution in [2.75, 3.05) is 31.1 Å². The highest BCUT2D eigenvalue weighted by Gasteiger charge is 2.23. The van der Waals surface area contributed by atoms with Crippen molar-refractivity contribution in [3.05, 3.63) is 30.1 Å². The number of hydrogen-bond acceptors (Lipinski definition) is 4. The summed E-state index contributed by atoms with van der Waals surface area (Å²) in [4.78, 5) is 4.37. The Morgan fingerprint density at radius 3 is 2.37 bits per heavy atom. The van der Waals surface area contributed by atoms with Crippen molar-refractivity contribution >= 4 is 11.5 Å². The molecule has 1 unspecified atom stereocenters. The van der Waals surface area contributed by atoms with Gasteiger partial charge >= 0.3 is 0 Å². The van der Waals surface area contributed by atoms with Crippen LogP contribution in [-0.2, 0) is 0 Å². The zero-order valence-corrected chi connectivity index (χ0v) is 11.0. The van der Waals surface area contributed by atoms with E-state index in [-0.39, 0.29) is 17.7 Å². The molecule has 0 bridgehead atoms. The van der Waals surface area contributed by atoms with Gasteiger partial charge in [-0.2, -0.15) is 0 Å². The van der Waals surface area contributed by atoms with Crippen molar-refractivity contribution in [2.24, 2.45) is 10.9 Å². The van der Waals surface area contributed by atoms with Crippen LogP contribution in [0.4, 0.5) is 10.1 Å². The third-order valence-corrected chi connectivity index (χ3v) is 3.60. The fourth-order valence-corrected chi connectivity index (χ4v) is 2.29. The van der Waals surface area contributed by atoms with E-state index in [0.717, 1.165) is 31.9 Å². The lowest BCUT2D eigenvalue weighted by molar-refractivity contribution is 0.230. The molecule has 1 aromatic carbocycles. The van der Waals surface area contributed by atoms with Crippen LogP contribution in [0.25, 0.3) is 0 Å². The molecule has 1 saturated heterocycles. The van der Waals surface area contributed by atoms with Gasteiger partial charge in [0.1, 0.15) is 5.82 Å². The van der Waals surface area contributed by atoms with Crippen LogP contribution in [0, 0.1) is 5.82 Å². The Hall–Kier alpha value is -1.82. The second-order valence-corrected chi connectivity index (χ2v) is 4.70. The van der Waals surface area contributed by atoms with Crippen LogP contribution in [0.2, 0.25) is 0 Å². The van der Waals surface area contributed by atoms with Crippen molar-refractivity contribution in [2.45, 2.75) is 13.0 Å². The average Bonchev–Trinajstić information content (AvgIpc) is 2.46. The number of piperazine rings is 1. The van der Waals surface area contributed by atoms with Crippen LogP contribution >= 0.6 is 0 Å². The van der Waals surface area contributed by atoms with Crippen molar-refractivity contribution < 1.29 is 9.60 Å². The van der Waals surface area contributed by atoms with Crippen LogP contribution in [0.1, 0.15) is 6.92 Å². The van der Waals surface area contributed by atoms with Gasteiger partial charge in [0.05, 0.1) is 6.04 Å². The lowest BCUT2D eigenvalue weighted by Crippen LogP contribution is -2.53. The topological polar surface area (TPSA) is 65.1 Å². The highest BCUT2D eigenvalue weighted by atomic mass is 19.1. The molecule has 0 radical (unpaired) electrons. The number of halogens is 1. The summed E-state index contributed by atoms with van der Waals surface area (Å²) in [6.07, 6.45) is 0. The molecule has 2 rings (SSSR count). The van der Waals surface area contributed by atoms with Gasteiger partial charge in [-0.25, -0.2) is 4.39 Å². The Morgan fingerprint density at radius 1 is 1.26 bits per heavy atom. The van der Waals surface area contributed by atoms with Crippen molar-refractivity contribution in [3.63, 3.8) is 0 Å².